The van der Waals surface area contributed by atoms with Crippen LogP contribution in [0.25, 0.3) is 11.0 Å². The second kappa shape index (κ2) is 8.36. The minimum absolute atomic E-state index is 0.101. The van der Waals surface area contributed by atoms with Crippen molar-refractivity contribution in [3.05, 3.63) is 70.9 Å². The van der Waals surface area contributed by atoms with Gasteiger partial charge in [0, 0.05) is 25.7 Å². The van der Waals surface area contributed by atoms with Gasteiger partial charge in [-0.2, -0.15) is 0 Å². The second-order valence-corrected chi connectivity index (χ2v) is 8.17. The first kappa shape index (κ1) is 20.2. The molecule has 1 aromatic carbocycles. The number of aromatic nitrogens is 3. The van der Waals surface area contributed by atoms with Crippen molar-refractivity contribution >= 4 is 16.9 Å². The van der Waals surface area contributed by atoms with Gasteiger partial charge in [0.05, 0.1) is 17.5 Å². The van der Waals surface area contributed by atoms with E-state index in [0.717, 1.165) is 5.56 Å². The summed E-state index contributed by atoms with van der Waals surface area (Å²) in [5.41, 5.74) is 0.302. The van der Waals surface area contributed by atoms with Gasteiger partial charge in [-0.3, -0.25) is 14.2 Å². The minimum Gasteiger partial charge on any atom is -0.388 e. The third-order valence-electron chi connectivity index (χ3n) is 5.96. The number of pyridine rings is 1. The molecule has 7 heteroatoms. The van der Waals surface area contributed by atoms with Gasteiger partial charge in [0.2, 0.25) is 5.91 Å². The van der Waals surface area contributed by atoms with Crippen LogP contribution in [0.15, 0.2) is 59.8 Å². The second-order valence-electron chi connectivity index (χ2n) is 8.17. The van der Waals surface area contributed by atoms with Crippen LogP contribution < -0.4 is 5.56 Å². The molecule has 0 spiro atoms. The highest BCUT2D eigenvalue weighted by molar-refractivity contribution is 5.77. The number of carbonyl (C=O) groups excluding carboxylic acids is 1. The quantitative estimate of drug-likeness (QED) is 0.703. The first-order valence-corrected chi connectivity index (χ1v) is 10.3. The molecule has 1 N–H and O–H groups in total. The fourth-order valence-electron chi connectivity index (χ4n) is 4.05. The Morgan fingerprint density at radius 3 is 2.60 bits per heavy atom. The van der Waals surface area contributed by atoms with Crippen LogP contribution >= 0.6 is 0 Å². The Hall–Kier alpha value is -3.06. The number of rotatable bonds is 5. The summed E-state index contributed by atoms with van der Waals surface area (Å²) in [4.78, 5) is 35.5. The van der Waals surface area contributed by atoms with Crippen LogP contribution in [-0.4, -0.2) is 49.1 Å². The number of amides is 1. The van der Waals surface area contributed by atoms with Crippen LogP contribution in [0, 0.1) is 0 Å². The van der Waals surface area contributed by atoms with Gasteiger partial charge in [-0.25, -0.2) is 9.97 Å². The average Bonchev–Trinajstić information content (AvgIpc) is 2.77. The monoisotopic (exact) mass is 406 g/mol. The molecule has 3 heterocycles. The summed E-state index contributed by atoms with van der Waals surface area (Å²) in [6.45, 7) is 3.18. The van der Waals surface area contributed by atoms with Crippen molar-refractivity contribution in [1.82, 2.24) is 19.4 Å². The van der Waals surface area contributed by atoms with Gasteiger partial charge in [-0.15, -0.1) is 0 Å². The molecule has 30 heavy (non-hydrogen) atoms. The fourth-order valence-corrected chi connectivity index (χ4v) is 4.05. The van der Waals surface area contributed by atoms with Crippen molar-refractivity contribution in [3.63, 3.8) is 0 Å². The first-order valence-electron chi connectivity index (χ1n) is 10.3. The number of benzene rings is 1. The zero-order valence-corrected chi connectivity index (χ0v) is 17.1. The number of piperidine rings is 1. The Morgan fingerprint density at radius 1 is 1.13 bits per heavy atom. The maximum Gasteiger partial charge on any atom is 0.262 e. The average molecular weight is 406 g/mol. The molecule has 1 atom stereocenters. The first-order chi connectivity index (χ1) is 14.5. The summed E-state index contributed by atoms with van der Waals surface area (Å²) >= 11 is 0. The maximum atomic E-state index is 12.7. The lowest BCUT2D eigenvalue weighted by Crippen LogP contribution is -2.49. The molecule has 0 saturated carbocycles. The molecule has 156 valence electrons. The van der Waals surface area contributed by atoms with Gasteiger partial charge in [-0.05, 0) is 36.5 Å². The molecule has 1 amide bonds. The van der Waals surface area contributed by atoms with Crippen LogP contribution in [-0.2, 0) is 11.3 Å². The standard InChI is InChI=1S/C23H26N4O3/c1-17(18-6-3-2-4-7-18)14-20(28)26-12-9-23(30,10-13-26)15-27-16-25-21-19(22(27)29)8-5-11-24-21/h2-8,11,16-17,30H,9-10,12-15H2,1H3. The molecular formula is C23H26N4O3. The van der Waals surface area contributed by atoms with Gasteiger partial charge in [-0.1, -0.05) is 37.3 Å². The van der Waals surface area contributed by atoms with Crippen LogP contribution in [0.1, 0.15) is 37.7 Å². The lowest BCUT2D eigenvalue weighted by atomic mass is 9.90. The molecule has 1 aliphatic heterocycles. The fraction of sp³-hybridized carbons (Fsp3) is 0.391. The van der Waals surface area contributed by atoms with Gasteiger partial charge in [0.1, 0.15) is 6.33 Å². The number of likely N-dealkylation sites (tertiary alicyclic amines) is 1. The highest BCUT2D eigenvalue weighted by Gasteiger charge is 2.35. The number of nitrogens with zero attached hydrogens (tertiary/aromatic N) is 4. The highest BCUT2D eigenvalue weighted by atomic mass is 16.3. The van der Waals surface area contributed by atoms with Crippen LogP contribution in [0.3, 0.4) is 0 Å². The number of hydrogen-bond acceptors (Lipinski definition) is 5. The molecule has 0 bridgehead atoms. The van der Waals surface area contributed by atoms with Gasteiger partial charge >= 0.3 is 0 Å². The van der Waals surface area contributed by atoms with E-state index in [4.69, 9.17) is 0 Å². The Bertz CT molecular complexity index is 1090. The smallest absolute Gasteiger partial charge is 0.262 e. The Labute approximate surface area is 175 Å². The van der Waals surface area contributed by atoms with Crippen molar-refractivity contribution in [2.45, 2.75) is 44.2 Å². The summed E-state index contributed by atoms with van der Waals surface area (Å²) < 4.78 is 1.44. The molecular weight excluding hydrogens is 380 g/mol. The van der Waals surface area contributed by atoms with Gasteiger partial charge in [0.25, 0.3) is 5.56 Å². The molecule has 3 aromatic rings. The van der Waals surface area contributed by atoms with Crippen LogP contribution in [0.4, 0.5) is 0 Å². The molecule has 4 rings (SSSR count). The maximum absolute atomic E-state index is 12.7. The van der Waals surface area contributed by atoms with Crippen molar-refractivity contribution in [2.75, 3.05) is 13.1 Å². The Kier molecular flexibility index (Phi) is 5.63. The van der Waals surface area contributed by atoms with Crippen LogP contribution in [0.5, 0.6) is 0 Å². The SMILES string of the molecule is CC(CC(=O)N1CCC(O)(Cn2cnc3ncccc3c2=O)CC1)c1ccccc1. The molecule has 1 unspecified atom stereocenters. The normalized spacial score (nSPS) is 17.1. The number of fused-ring (bicyclic) bond motifs is 1. The lowest BCUT2D eigenvalue weighted by Gasteiger charge is -2.38. The lowest BCUT2D eigenvalue weighted by molar-refractivity contribution is -0.136. The van der Waals surface area contributed by atoms with E-state index in [9.17, 15) is 14.7 Å². The van der Waals surface area contributed by atoms with E-state index in [1.807, 2.05) is 35.2 Å². The summed E-state index contributed by atoms with van der Waals surface area (Å²) in [7, 11) is 0. The number of aliphatic hydroxyl groups is 1. The van der Waals surface area contributed by atoms with E-state index in [1.54, 1.807) is 18.3 Å². The van der Waals surface area contributed by atoms with E-state index in [2.05, 4.69) is 16.9 Å². The van der Waals surface area contributed by atoms with Gasteiger partial charge in [0.15, 0.2) is 5.65 Å². The third kappa shape index (κ3) is 4.26. The van der Waals surface area contributed by atoms with Crippen LogP contribution in [0.2, 0.25) is 0 Å². The van der Waals surface area contributed by atoms with Crippen molar-refractivity contribution in [3.8, 4) is 0 Å². The predicted molar refractivity (Wildman–Crippen MR) is 114 cm³/mol. The zero-order chi connectivity index (χ0) is 21.1. The van der Waals surface area contributed by atoms with Gasteiger partial charge < -0.3 is 10.0 Å². The summed E-state index contributed by atoms with van der Waals surface area (Å²) in [6.07, 6.45) is 4.34. The third-order valence-corrected chi connectivity index (χ3v) is 5.96. The van der Waals surface area contributed by atoms with Crippen molar-refractivity contribution in [2.24, 2.45) is 0 Å². The molecule has 0 radical (unpaired) electrons. The number of hydrogen-bond donors (Lipinski definition) is 1. The Balaban J connectivity index is 1.38. The minimum atomic E-state index is -1.04. The van der Waals surface area contributed by atoms with E-state index < -0.39 is 5.60 Å². The van der Waals surface area contributed by atoms with E-state index in [1.165, 1.54) is 10.9 Å². The van der Waals surface area contributed by atoms with E-state index >= 15 is 0 Å². The summed E-state index contributed by atoms with van der Waals surface area (Å²) in [6, 6.07) is 13.4. The Morgan fingerprint density at radius 2 is 1.87 bits per heavy atom. The van der Waals surface area contributed by atoms with E-state index in [-0.39, 0.29) is 23.9 Å². The van der Waals surface area contributed by atoms with Crippen molar-refractivity contribution < 1.29 is 9.90 Å². The van der Waals surface area contributed by atoms with Crippen molar-refractivity contribution in [1.29, 1.82) is 0 Å². The molecule has 7 nitrogen and oxygen atoms in total. The molecule has 1 saturated heterocycles. The summed E-state index contributed by atoms with van der Waals surface area (Å²) in [5, 5.41) is 11.5. The number of carbonyl (C=O) groups is 1. The largest absolute Gasteiger partial charge is 0.388 e. The molecule has 0 aliphatic carbocycles. The molecule has 1 fully saturated rings. The molecule has 1 aliphatic rings. The zero-order valence-electron chi connectivity index (χ0n) is 17.1. The highest BCUT2D eigenvalue weighted by Crippen LogP contribution is 2.26. The topological polar surface area (TPSA) is 88.3 Å². The summed E-state index contributed by atoms with van der Waals surface area (Å²) in [5.74, 6) is 0.249. The predicted octanol–water partition coefficient (Wildman–Crippen LogP) is 2.34. The van der Waals surface area contributed by atoms with E-state index in [0.29, 0.717) is 43.4 Å². The molecule has 2 aromatic heterocycles.